The first-order valence-corrected chi connectivity index (χ1v) is 7.62. The maximum absolute atomic E-state index is 11.5. The Bertz CT molecular complexity index is 612. The van der Waals surface area contributed by atoms with E-state index in [1.165, 1.54) is 6.21 Å². The molecule has 1 aromatic rings. The molecule has 0 unspecified atom stereocenters. The van der Waals surface area contributed by atoms with Crippen LogP contribution in [0.15, 0.2) is 36.0 Å². The summed E-state index contributed by atoms with van der Waals surface area (Å²) in [7, 11) is 0. The standard InChI is InChI=1S/C17H23N3O4/c1-5-9-24-14-8-7-13(10-15(14)23-6-2)11-18-20-17(22)16(21)19-12(3)4/h5,7-8,10-12H,1,6,9H2,2-4H3,(H,19,21)(H,20,22)/b18-11-. The Labute approximate surface area is 141 Å². The van der Waals surface area contributed by atoms with Crippen LogP contribution >= 0.6 is 0 Å². The van der Waals surface area contributed by atoms with E-state index in [9.17, 15) is 9.59 Å². The van der Waals surface area contributed by atoms with E-state index in [0.717, 1.165) is 0 Å². The number of ether oxygens (including phenoxy) is 2. The zero-order valence-electron chi connectivity index (χ0n) is 14.2. The first-order chi connectivity index (χ1) is 11.5. The van der Waals surface area contributed by atoms with Crippen LogP contribution in [0.2, 0.25) is 0 Å². The maximum Gasteiger partial charge on any atom is 0.329 e. The number of hydrogen-bond acceptors (Lipinski definition) is 5. The Kier molecular flexibility index (Phi) is 8.04. The Morgan fingerprint density at radius 1 is 1.25 bits per heavy atom. The lowest BCUT2D eigenvalue weighted by molar-refractivity contribution is -0.139. The summed E-state index contributed by atoms with van der Waals surface area (Å²) in [6.45, 7) is 9.84. The van der Waals surface area contributed by atoms with Gasteiger partial charge in [0.15, 0.2) is 11.5 Å². The summed E-state index contributed by atoms with van der Waals surface area (Å²) in [6, 6.07) is 5.10. The molecule has 0 heterocycles. The molecule has 0 bridgehead atoms. The third-order valence-corrected chi connectivity index (χ3v) is 2.63. The molecule has 0 radical (unpaired) electrons. The van der Waals surface area contributed by atoms with Gasteiger partial charge in [0, 0.05) is 6.04 Å². The van der Waals surface area contributed by atoms with Gasteiger partial charge in [-0.05, 0) is 44.5 Å². The molecule has 7 nitrogen and oxygen atoms in total. The van der Waals surface area contributed by atoms with E-state index < -0.39 is 11.8 Å². The number of hydrogen-bond donors (Lipinski definition) is 2. The number of carbonyl (C=O) groups excluding carboxylic acids is 2. The first-order valence-electron chi connectivity index (χ1n) is 7.62. The molecule has 0 aliphatic heterocycles. The normalized spacial score (nSPS) is 10.5. The van der Waals surface area contributed by atoms with Crippen molar-refractivity contribution in [2.45, 2.75) is 26.8 Å². The molecule has 130 valence electrons. The van der Waals surface area contributed by atoms with Crippen molar-refractivity contribution < 1.29 is 19.1 Å². The highest BCUT2D eigenvalue weighted by Crippen LogP contribution is 2.28. The minimum atomic E-state index is -0.823. The monoisotopic (exact) mass is 333 g/mol. The fraction of sp³-hybridized carbons (Fsp3) is 0.353. The van der Waals surface area contributed by atoms with Gasteiger partial charge in [0.2, 0.25) is 0 Å². The van der Waals surface area contributed by atoms with Crippen molar-refractivity contribution in [1.82, 2.24) is 10.7 Å². The number of nitrogens with one attached hydrogen (secondary N) is 2. The van der Waals surface area contributed by atoms with E-state index in [1.807, 2.05) is 6.92 Å². The lowest BCUT2D eigenvalue weighted by Crippen LogP contribution is -2.41. The van der Waals surface area contributed by atoms with Crippen molar-refractivity contribution in [2.75, 3.05) is 13.2 Å². The summed E-state index contributed by atoms with van der Waals surface area (Å²) in [4.78, 5) is 23.0. The van der Waals surface area contributed by atoms with E-state index in [4.69, 9.17) is 9.47 Å². The van der Waals surface area contributed by atoms with Gasteiger partial charge < -0.3 is 14.8 Å². The molecule has 0 aliphatic rings. The third-order valence-electron chi connectivity index (χ3n) is 2.63. The molecule has 1 aromatic carbocycles. The quantitative estimate of drug-likeness (QED) is 0.327. The molecule has 7 heteroatoms. The van der Waals surface area contributed by atoms with Crippen molar-refractivity contribution in [3.05, 3.63) is 36.4 Å². The Balaban J connectivity index is 2.73. The van der Waals surface area contributed by atoms with Crippen LogP contribution in [0.4, 0.5) is 0 Å². The van der Waals surface area contributed by atoms with Crippen LogP contribution in [-0.2, 0) is 9.59 Å². The molecule has 0 aliphatic carbocycles. The summed E-state index contributed by atoms with van der Waals surface area (Å²) >= 11 is 0. The first kappa shape index (κ1) is 19.2. The van der Waals surface area contributed by atoms with Gasteiger partial charge in [-0.1, -0.05) is 12.7 Å². The fourth-order valence-corrected chi connectivity index (χ4v) is 1.69. The molecule has 0 saturated carbocycles. The number of nitrogens with zero attached hydrogens (tertiary/aromatic N) is 1. The number of benzene rings is 1. The average Bonchev–Trinajstić information content (AvgIpc) is 2.53. The number of carbonyl (C=O) groups is 2. The maximum atomic E-state index is 11.5. The number of hydrazone groups is 1. The number of amides is 2. The molecule has 2 N–H and O–H groups in total. The van der Waals surface area contributed by atoms with Crippen LogP contribution in [0.5, 0.6) is 11.5 Å². The highest BCUT2D eigenvalue weighted by atomic mass is 16.5. The van der Waals surface area contributed by atoms with E-state index in [-0.39, 0.29) is 6.04 Å². The lowest BCUT2D eigenvalue weighted by atomic mass is 10.2. The smallest absolute Gasteiger partial charge is 0.329 e. The van der Waals surface area contributed by atoms with Crippen molar-refractivity contribution in [2.24, 2.45) is 5.10 Å². The molecule has 2 amide bonds. The Morgan fingerprint density at radius 2 is 2.00 bits per heavy atom. The van der Waals surface area contributed by atoms with Crippen molar-refractivity contribution >= 4 is 18.0 Å². The van der Waals surface area contributed by atoms with Crippen molar-refractivity contribution in [3.63, 3.8) is 0 Å². The second-order valence-electron chi connectivity index (χ2n) is 5.07. The van der Waals surface area contributed by atoms with Crippen molar-refractivity contribution in [1.29, 1.82) is 0 Å². The predicted molar refractivity (Wildman–Crippen MR) is 92.3 cm³/mol. The zero-order chi connectivity index (χ0) is 17.9. The van der Waals surface area contributed by atoms with E-state index in [0.29, 0.717) is 30.3 Å². The molecule has 0 spiro atoms. The third kappa shape index (κ3) is 6.51. The molecule has 0 atom stereocenters. The van der Waals surface area contributed by atoms with Crippen LogP contribution < -0.4 is 20.2 Å². The molecule has 24 heavy (non-hydrogen) atoms. The summed E-state index contributed by atoms with van der Waals surface area (Å²) in [5.74, 6) is -0.400. The Hall–Kier alpha value is -2.83. The summed E-state index contributed by atoms with van der Waals surface area (Å²) in [5, 5.41) is 6.24. The zero-order valence-corrected chi connectivity index (χ0v) is 14.2. The molecular formula is C17H23N3O4. The van der Waals surface area contributed by atoms with E-state index >= 15 is 0 Å². The predicted octanol–water partition coefficient (Wildman–Crippen LogP) is 1.62. The summed E-state index contributed by atoms with van der Waals surface area (Å²) in [6.07, 6.45) is 3.06. The van der Waals surface area contributed by atoms with Crippen LogP contribution in [0.25, 0.3) is 0 Å². The minimum Gasteiger partial charge on any atom is -0.490 e. The van der Waals surface area contributed by atoms with Gasteiger partial charge in [0.25, 0.3) is 0 Å². The lowest BCUT2D eigenvalue weighted by Gasteiger charge is -2.11. The van der Waals surface area contributed by atoms with Crippen LogP contribution in [0.3, 0.4) is 0 Å². The van der Waals surface area contributed by atoms with Gasteiger partial charge in [-0.3, -0.25) is 9.59 Å². The molecular weight excluding hydrogens is 310 g/mol. The number of rotatable bonds is 8. The SMILES string of the molecule is C=CCOc1ccc(/C=N\NC(=O)C(=O)NC(C)C)cc1OCC. The van der Waals surface area contributed by atoms with Crippen molar-refractivity contribution in [3.8, 4) is 11.5 Å². The van der Waals surface area contributed by atoms with Gasteiger partial charge in [0.05, 0.1) is 12.8 Å². The van der Waals surface area contributed by atoms with Gasteiger partial charge in [-0.2, -0.15) is 5.10 Å². The second-order valence-corrected chi connectivity index (χ2v) is 5.07. The van der Waals surface area contributed by atoms with Gasteiger partial charge >= 0.3 is 11.8 Å². The minimum absolute atomic E-state index is 0.121. The topological polar surface area (TPSA) is 89.0 Å². The molecule has 0 fully saturated rings. The van der Waals surface area contributed by atoms with Gasteiger partial charge in [-0.15, -0.1) is 0 Å². The summed E-state index contributed by atoms with van der Waals surface area (Å²) < 4.78 is 11.0. The van der Waals surface area contributed by atoms with E-state index in [2.05, 4.69) is 22.4 Å². The van der Waals surface area contributed by atoms with Gasteiger partial charge in [0.1, 0.15) is 6.61 Å². The molecule has 0 saturated heterocycles. The van der Waals surface area contributed by atoms with Crippen LogP contribution in [0.1, 0.15) is 26.3 Å². The largest absolute Gasteiger partial charge is 0.490 e. The average molecular weight is 333 g/mol. The fourth-order valence-electron chi connectivity index (χ4n) is 1.69. The molecule has 1 rings (SSSR count). The molecule has 0 aromatic heterocycles. The van der Waals surface area contributed by atoms with Crippen LogP contribution in [-0.4, -0.2) is 37.3 Å². The Morgan fingerprint density at radius 3 is 2.62 bits per heavy atom. The second kappa shape index (κ2) is 10.0. The highest BCUT2D eigenvalue weighted by Gasteiger charge is 2.13. The van der Waals surface area contributed by atoms with Crippen LogP contribution in [0, 0.1) is 0 Å². The van der Waals surface area contributed by atoms with Gasteiger partial charge in [-0.25, -0.2) is 5.43 Å². The summed E-state index contributed by atoms with van der Waals surface area (Å²) in [5.41, 5.74) is 2.86. The highest BCUT2D eigenvalue weighted by molar-refractivity contribution is 6.35. The van der Waals surface area contributed by atoms with E-state index in [1.54, 1.807) is 38.1 Å².